The molecule has 8 heteroatoms. The maximum Gasteiger partial charge on any atom is 0.344 e. The highest BCUT2D eigenvalue weighted by atomic mass is 35.5. The largest absolute Gasteiger partial charge is 0.455 e. The lowest BCUT2D eigenvalue weighted by Gasteiger charge is -2.06. The van der Waals surface area contributed by atoms with E-state index < -0.39 is 11.8 Å². The van der Waals surface area contributed by atoms with Crippen LogP contribution in [0.15, 0.2) is 47.0 Å². The third-order valence-corrected chi connectivity index (χ3v) is 5.26. The number of hydrogen-bond acceptors (Lipinski definition) is 6. The van der Waals surface area contributed by atoms with Crippen LogP contribution in [0.1, 0.15) is 21.1 Å². The Morgan fingerprint density at radius 3 is 2.85 bits per heavy atom. The molecule has 0 N–H and O–H groups in total. The van der Waals surface area contributed by atoms with Crippen LogP contribution in [0.2, 0.25) is 5.02 Å². The van der Waals surface area contributed by atoms with E-state index in [-0.39, 0.29) is 34.2 Å². The van der Waals surface area contributed by atoms with Gasteiger partial charge < -0.3 is 9.26 Å². The van der Waals surface area contributed by atoms with Crippen molar-refractivity contribution in [1.82, 2.24) is 10.1 Å². The average Bonchev–Trinajstić information content (AvgIpc) is 3.23. The van der Waals surface area contributed by atoms with Crippen LogP contribution >= 0.6 is 22.9 Å². The zero-order valence-corrected chi connectivity index (χ0v) is 15.6. The molecule has 0 radical (unpaired) electrons. The molecule has 2 aromatic carbocycles. The maximum absolute atomic E-state index is 14.2. The number of para-hydroxylation sites is 1. The quantitative estimate of drug-likeness (QED) is 0.427. The van der Waals surface area contributed by atoms with Crippen LogP contribution in [0.5, 0.6) is 0 Å². The van der Waals surface area contributed by atoms with Crippen LogP contribution in [-0.4, -0.2) is 16.1 Å². The number of nitrogens with zero attached hydrogens (tertiary/aromatic N) is 2. The van der Waals surface area contributed by atoms with Gasteiger partial charge in [0, 0.05) is 0 Å². The lowest BCUT2D eigenvalue weighted by Crippen LogP contribution is -2.07. The summed E-state index contributed by atoms with van der Waals surface area (Å²) >= 11 is 7.52. The number of benzene rings is 2. The smallest absolute Gasteiger partial charge is 0.344 e. The lowest BCUT2D eigenvalue weighted by atomic mass is 10.1. The van der Waals surface area contributed by atoms with Gasteiger partial charge in [0.1, 0.15) is 34.4 Å². The molecule has 0 aliphatic carbocycles. The molecule has 4 aromatic rings. The Morgan fingerprint density at radius 1 is 1.26 bits per heavy atom. The molecular weight excluding hydrogens is 391 g/mol. The van der Waals surface area contributed by atoms with Crippen LogP contribution in [0.3, 0.4) is 0 Å². The van der Waals surface area contributed by atoms with Gasteiger partial charge in [0.05, 0.1) is 20.8 Å². The lowest BCUT2D eigenvalue weighted by molar-refractivity contribution is 0.0471. The zero-order valence-electron chi connectivity index (χ0n) is 14.0. The second-order valence-electron chi connectivity index (χ2n) is 5.71. The van der Waals surface area contributed by atoms with Gasteiger partial charge in [-0.25, -0.2) is 14.2 Å². The molecule has 2 aromatic heterocycles. The number of aromatic nitrogens is 2. The molecule has 0 fully saturated rings. The fourth-order valence-corrected chi connectivity index (χ4v) is 3.82. The fraction of sp³-hybridized carbons (Fsp3) is 0.105. The Kier molecular flexibility index (Phi) is 4.63. The topological polar surface area (TPSA) is 65.2 Å². The normalized spacial score (nSPS) is 11.1. The number of halogens is 2. The standard InChI is InChI=1S/C19H12ClFN2O3S/c1-10-16(18(23-26-10)17-11(20)5-4-6-12(17)21)19(24)25-9-15-22-13-7-2-3-8-14(13)27-15/h2-8H,9H2,1H3. The van der Waals surface area contributed by atoms with Gasteiger partial charge in [0.15, 0.2) is 0 Å². The molecule has 27 heavy (non-hydrogen) atoms. The fourth-order valence-electron chi connectivity index (χ4n) is 2.69. The summed E-state index contributed by atoms with van der Waals surface area (Å²) in [6.45, 7) is 1.55. The van der Waals surface area contributed by atoms with Gasteiger partial charge >= 0.3 is 5.97 Å². The van der Waals surface area contributed by atoms with E-state index in [4.69, 9.17) is 20.9 Å². The molecular formula is C19H12ClFN2O3S. The van der Waals surface area contributed by atoms with Gasteiger partial charge in [-0.05, 0) is 31.2 Å². The highest BCUT2D eigenvalue weighted by Gasteiger charge is 2.26. The van der Waals surface area contributed by atoms with E-state index in [1.807, 2.05) is 24.3 Å². The number of carbonyl (C=O) groups excluding carboxylic acids is 1. The summed E-state index contributed by atoms with van der Waals surface area (Å²) in [4.78, 5) is 17.0. The van der Waals surface area contributed by atoms with E-state index >= 15 is 0 Å². The van der Waals surface area contributed by atoms with Crippen LogP contribution < -0.4 is 0 Å². The summed E-state index contributed by atoms with van der Waals surface area (Å²) in [5, 5.41) is 4.59. The molecule has 0 bridgehead atoms. The molecule has 0 atom stereocenters. The van der Waals surface area contributed by atoms with Crippen molar-refractivity contribution in [2.45, 2.75) is 13.5 Å². The van der Waals surface area contributed by atoms with Gasteiger partial charge in [-0.1, -0.05) is 35.0 Å². The number of esters is 1. The van der Waals surface area contributed by atoms with E-state index in [0.717, 1.165) is 10.2 Å². The van der Waals surface area contributed by atoms with Crippen LogP contribution in [0.25, 0.3) is 21.5 Å². The third-order valence-electron chi connectivity index (χ3n) is 3.93. The number of thiazole rings is 1. The highest BCUT2D eigenvalue weighted by molar-refractivity contribution is 7.18. The Balaban J connectivity index is 1.62. The molecule has 0 aliphatic rings. The predicted molar refractivity (Wildman–Crippen MR) is 100 cm³/mol. The van der Waals surface area contributed by atoms with Crippen molar-refractivity contribution in [1.29, 1.82) is 0 Å². The molecule has 0 spiro atoms. The van der Waals surface area contributed by atoms with Gasteiger partial charge in [0.25, 0.3) is 0 Å². The molecule has 136 valence electrons. The van der Waals surface area contributed by atoms with Crippen molar-refractivity contribution >= 4 is 39.1 Å². The van der Waals surface area contributed by atoms with Gasteiger partial charge in [-0.2, -0.15) is 0 Å². The summed E-state index contributed by atoms with van der Waals surface area (Å²) in [6.07, 6.45) is 0. The summed E-state index contributed by atoms with van der Waals surface area (Å²) in [5.41, 5.74) is 0.907. The first-order chi connectivity index (χ1) is 13.0. The first-order valence-corrected chi connectivity index (χ1v) is 9.16. The number of ether oxygens (including phenoxy) is 1. The molecule has 0 unspecified atom stereocenters. The number of carbonyl (C=O) groups is 1. The predicted octanol–water partition coefficient (Wildman–Crippen LogP) is 5.41. The first kappa shape index (κ1) is 17.6. The Hall–Kier alpha value is -2.77. The van der Waals surface area contributed by atoms with E-state index in [1.54, 1.807) is 6.92 Å². The second-order valence-corrected chi connectivity index (χ2v) is 7.23. The number of rotatable bonds is 4. The van der Waals surface area contributed by atoms with Gasteiger partial charge in [-0.15, -0.1) is 11.3 Å². The van der Waals surface area contributed by atoms with Crippen molar-refractivity contribution in [3.8, 4) is 11.3 Å². The van der Waals surface area contributed by atoms with E-state index in [2.05, 4.69) is 10.1 Å². The van der Waals surface area contributed by atoms with Crippen molar-refractivity contribution in [3.63, 3.8) is 0 Å². The van der Waals surface area contributed by atoms with Crippen molar-refractivity contribution in [3.05, 3.63) is 69.6 Å². The maximum atomic E-state index is 14.2. The number of fused-ring (bicyclic) bond motifs is 1. The average molecular weight is 403 g/mol. The molecule has 2 heterocycles. The molecule has 0 saturated carbocycles. The SMILES string of the molecule is Cc1onc(-c2c(F)cccc2Cl)c1C(=O)OCc1nc2ccccc2s1. The first-order valence-electron chi connectivity index (χ1n) is 7.97. The molecule has 0 amide bonds. The summed E-state index contributed by atoms with van der Waals surface area (Å²) in [6, 6.07) is 11.9. The summed E-state index contributed by atoms with van der Waals surface area (Å²) in [7, 11) is 0. The minimum Gasteiger partial charge on any atom is -0.455 e. The van der Waals surface area contributed by atoms with E-state index in [1.165, 1.54) is 29.5 Å². The minimum absolute atomic E-state index is 0.00273. The summed E-state index contributed by atoms with van der Waals surface area (Å²) < 4.78 is 25.7. The van der Waals surface area contributed by atoms with Crippen LogP contribution in [0.4, 0.5) is 4.39 Å². The third kappa shape index (κ3) is 3.31. The Morgan fingerprint density at radius 2 is 2.07 bits per heavy atom. The minimum atomic E-state index is -0.678. The van der Waals surface area contributed by atoms with Crippen LogP contribution in [0, 0.1) is 12.7 Å². The molecule has 4 rings (SSSR count). The Labute approximate surface area is 162 Å². The highest BCUT2D eigenvalue weighted by Crippen LogP contribution is 2.34. The van der Waals surface area contributed by atoms with Gasteiger partial charge in [0.2, 0.25) is 0 Å². The van der Waals surface area contributed by atoms with E-state index in [0.29, 0.717) is 5.01 Å². The van der Waals surface area contributed by atoms with Gasteiger partial charge in [-0.3, -0.25) is 0 Å². The van der Waals surface area contributed by atoms with Crippen molar-refractivity contribution < 1.29 is 18.4 Å². The number of hydrogen-bond donors (Lipinski definition) is 0. The molecule has 0 aliphatic heterocycles. The monoisotopic (exact) mass is 402 g/mol. The molecule has 5 nitrogen and oxygen atoms in total. The second kappa shape index (κ2) is 7.09. The van der Waals surface area contributed by atoms with Crippen LogP contribution in [-0.2, 0) is 11.3 Å². The number of aryl methyl sites for hydroxylation is 1. The van der Waals surface area contributed by atoms with Crippen molar-refractivity contribution in [2.75, 3.05) is 0 Å². The Bertz CT molecular complexity index is 1100. The van der Waals surface area contributed by atoms with E-state index in [9.17, 15) is 9.18 Å². The molecule has 0 saturated heterocycles. The zero-order chi connectivity index (χ0) is 19.0. The van der Waals surface area contributed by atoms with Crippen molar-refractivity contribution in [2.24, 2.45) is 0 Å². The summed E-state index contributed by atoms with van der Waals surface area (Å²) in [5.74, 6) is -1.06.